The number of carbonyl (C=O) groups is 2. The van der Waals surface area contributed by atoms with Gasteiger partial charge >= 0.3 is 5.97 Å². The number of carboxylic acid groups (broad SMARTS) is 1. The van der Waals surface area contributed by atoms with Crippen LogP contribution in [-0.2, 0) is 4.79 Å². The van der Waals surface area contributed by atoms with Crippen molar-refractivity contribution in [1.29, 1.82) is 0 Å². The number of benzene rings is 3. The van der Waals surface area contributed by atoms with Gasteiger partial charge in [-0.2, -0.15) is 0 Å². The number of rotatable bonds is 6. The van der Waals surface area contributed by atoms with Crippen LogP contribution in [0.3, 0.4) is 0 Å². The third-order valence-corrected chi connectivity index (χ3v) is 7.30. The fraction of sp³-hybridized carbons (Fsp3) is 0.310. The van der Waals surface area contributed by atoms with Crippen LogP contribution in [0, 0.1) is 0 Å². The first-order valence-corrected chi connectivity index (χ1v) is 12.4. The van der Waals surface area contributed by atoms with E-state index in [1.165, 1.54) is 0 Å². The smallest absolute Gasteiger partial charge is 0.336 e. The number of halogens is 1. The van der Waals surface area contributed by atoms with Crippen molar-refractivity contribution in [3.05, 3.63) is 82.4 Å². The number of hydrogen-bond donors (Lipinski definition) is 2. The highest BCUT2D eigenvalue weighted by molar-refractivity contribution is 6.30. The fourth-order valence-corrected chi connectivity index (χ4v) is 5.09. The Kier molecular flexibility index (Phi) is 7.38. The minimum atomic E-state index is -0.936. The number of nitrogens with zero attached hydrogens (tertiary/aromatic N) is 2. The lowest BCUT2D eigenvalue weighted by Crippen LogP contribution is -2.43. The van der Waals surface area contributed by atoms with Gasteiger partial charge in [0.2, 0.25) is 5.91 Å². The molecule has 3 aromatic carbocycles. The summed E-state index contributed by atoms with van der Waals surface area (Å²) in [7, 11) is 3.87. The van der Waals surface area contributed by atoms with Crippen LogP contribution in [-0.4, -0.2) is 42.0 Å². The Morgan fingerprint density at radius 3 is 2.31 bits per heavy atom. The summed E-state index contributed by atoms with van der Waals surface area (Å²) in [6.45, 7) is 5.66. The van der Waals surface area contributed by atoms with E-state index in [1.807, 2.05) is 79.3 Å². The molecular formula is C29H32ClN3O3. The Hall–Kier alpha value is -3.35. The largest absolute Gasteiger partial charge is 0.478 e. The van der Waals surface area contributed by atoms with E-state index in [0.717, 1.165) is 40.0 Å². The normalized spacial score (nSPS) is 18.0. The summed E-state index contributed by atoms with van der Waals surface area (Å²) in [6, 6.07) is 19.2. The third kappa shape index (κ3) is 5.11. The second kappa shape index (κ2) is 10.3. The molecule has 1 aliphatic heterocycles. The Morgan fingerprint density at radius 2 is 1.69 bits per heavy atom. The summed E-state index contributed by atoms with van der Waals surface area (Å²) in [5.41, 5.74) is 5.84. The molecule has 1 unspecified atom stereocenters. The molecule has 3 aromatic rings. The zero-order chi connectivity index (χ0) is 26.1. The highest BCUT2D eigenvalue weighted by atomic mass is 35.5. The molecule has 0 bridgehead atoms. The van der Waals surface area contributed by atoms with E-state index in [0.29, 0.717) is 10.6 Å². The summed E-state index contributed by atoms with van der Waals surface area (Å²) >= 11 is 6.07. The van der Waals surface area contributed by atoms with Crippen LogP contribution in [0.1, 0.15) is 60.8 Å². The average Bonchev–Trinajstić information content (AvgIpc) is 2.84. The zero-order valence-corrected chi connectivity index (χ0v) is 22.0. The Balaban J connectivity index is 1.81. The Morgan fingerprint density at radius 1 is 1.06 bits per heavy atom. The second-order valence-corrected chi connectivity index (χ2v) is 10.1. The fourth-order valence-electron chi connectivity index (χ4n) is 4.97. The molecule has 0 aliphatic carbocycles. The van der Waals surface area contributed by atoms with E-state index < -0.39 is 5.97 Å². The molecular weight excluding hydrogens is 474 g/mol. The minimum absolute atomic E-state index is 0.00866. The molecule has 0 aromatic heterocycles. The number of carbonyl (C=O) groups excluding carboxylic acids is 1. The standard InChI is InChI=1S/C29H32ClN3O3/c1-17-14-27(31-23-10-8-22(30)9-11-23)26-16-21(7-13-28(26)33(17)19(3)34)20-6-12-24(29(35)36)25(15-20)18(2)32(4)5/h6-13,15-18,27,31H,14H2,1-5H3,(H,35,36)/t17-,18?,27+/m0/s1. The van der Waals surface area contributed by atoms with E-state index in [2.05, 4.69) is 18.3 Å². The van der Waals surface area contributed by atoms with E-state index in [9.17, 15) is 14.7 Å². The predicted molar refractivity (Wildman–Crippen MR) is 146 cm³/mol. The van der Waals surface area contributed by atoms with Gasteiger partial charge in [-0.3, -0.25) is 4.79 Å². The van der Waals surface area contributed by atoms with Crippen molar-refractivity contribution >= 4 is 34.9 Å². The van der Waals surface area contributed by atoms with Crippen LogP contribution in [0.5, 0.6) is 0 Å². The summed E-state index contributed by atoms with van der Waals surface area (Å²) in [5, 5.41) is 14.0. The molecule has 0 saturated carbocycles. The van der Waals surface area contributed by atoms with Gasteiger partial charge in [0.25, 0.3) is 0 Å². The van der Waals surface area contributed by atoms with E-state index in [1.54, 1.807) is 13.0 Å². The number of amides is 1. The van der Waals surface area contributed by atoms with Gasteiger partial charge < -0.3 is 20.2 Å². The van der Waals surface area contributed by atoms with Gasteiger partial charge in [0.05, 0.1) is 11.6 Å². The number of carboxylic acids is 1. The van der Waals surface area contributed by atoms with E-state index in [-0.39, 0.29) is 24.0 Å². The monoisotopic (exact) mass is 505 g/mol. The SMILES string of the molecule is CC(=O)N1c2ccc(-c3ccc(C(=O)O)c(C(C)N(C)C)c3)cc2[C@H](Nc2ccc(Cl)cc2)C[C@@H]1C. The molecule has 188 valence electrons. The molecule has 7 heteroatoms. The molecule has 2 N–H and O–H groups in total. The second-order valence-electron chi connectivity index (χ2n) is 9.70. The van der Waals surface area contributed by atoms with Crippen LogP contribution >= 0.6 is 11.6 Å². The molecule has 1 heterocycles. The quantitative estimate of drug-likeness (QED) is 0.393. The van der Waals surface area contributed by atoms with Gasteiger partial charge in [0, 0.05) is 35.4 Å². The predicted octanol–water partition coefficient (Wildman–Crippen LogP) is 6.63. The Bertz CT molecular complexity index is 1290. The van der Waals surface area contributed by atoms with Crippen molar-refractivity contribution in [3.8, 4) is 11.1 Å². The first-order chi connectivity index (χ1) is 17.1. The number of aromatic carboxylic acids is 1. The number of fused-ring (bicyclic) bond motifs is 1. The van der Waals surface area contributed by atoms with Crippen LogP contribution in [0.4, 0.5) is 11.4 Å². The highest BCUT2D eigenvalue weighted by Crippen LogP contribution is 2.41. The number of anilines is 2. The first-order valence-electron chi connectivity index (χ1n) is 12.1. The molecule has 1 amide bonds. The summed E-state index contributed by atoms with van der Waals surface area (Å²) in [5.74, 6) is -0.927. The summed E-state index contributed by atoms with van der Waals surface area (Å²) in [4.78, 5) is 28.3. The van der Waals surface area contributed by atoms with E-state index >= 15 is 0 Å². The molecule has 1 aliphatic rings. The maximum absolute atomic E-state index is 12.5. The average molecular weight is 506 g/mol. The molecule has 3 atom stereocenters. The molecule has 0 spiro atoms. The zero-order valence-electron chi connectivity index (χ0n) is 21.2. The van der Waals surface area contributed by atoms with Gasteiger partial charge in [-0.1, -0.05) is 23.7 Å². The van der Waals surface area contributed by atoms with Gasteiger partial charge in [-0.25, -0.2) is 4.79 Å². The van der Waals surface area contributed by atoms with Crippen molar-refractivity contribution in [3.63, 3.8) is 0 Å². The topological polar surface area (TPSA) is 72.9 Å². The molecule has 0 saturated heterocycles. The summed E-state index contributed by atoms with van der Waals surface area (Å²) < 4.78 is 0. The van der Waals surface area contributed by atoms with Crippen molar-refractivity contribution in [2.75, 3.05) is 24.3 Å². The molecule has 36 heavy (non-hydrogen) atoms. The van der Waals surface area contributed by atoms with Crippen molar-refractivity contribution in [1.82, 2.24) is 4.90 Å². The molecule has 0 fully saturated rings. The lowest BCUT2D eigenvalue weighted by Gasteiger charge is -2.39. The maximum Gasteiger partial charge on any atom is 0.336 e. The Labute approximate surface area is 217 Å². The van der Waals surface area contributed by atoms with Crippen LogP contribution in [0.25, 0.3) is 11.1 Å². The summed E-state index contributed by atoms with van der Waals surface area (Å²) in [6.07, 6.45) is 0.750. The molecule has 6 nitrogen and oxygen atoms in total. The number of nitrogens with one attached hydrogen (secondary N) is 1. The van der Waals surface area contributed by atoms with Gasteiger partial charge in [-0.05, 0) is 105 Å². The number of hydrogen-bond acceptors (Lipinski definition) is 4. The lowest BCUT2D eigenvalue weighted by atomic mass is 9.88. The maximum atomic E-state index is 12.5. The van der Waals surface area contributed by atoms with Crippen molar-refractivity contribution in [2.24, 2.45) is 0 Å². The molecule has 4 rings (SSSR count). The van der Waals surface area contributed by atoms with Crippen molar-refractivity contribution < 1.29 is 14.7 Å². The van der Waals surface area contributed by atoms with Gasteiger partial charge in [0.15, 0.2) is 0 Å². The first kappa shape index (κ1) is 25.7. The van der Waals surface area contributed by atoms with Crippen LogP contribution in [0.15, 0.2) is 60.7 Å². The van der Waals surface area contributed by atoms with Crippen molar-refractivity contribution in [2.45, 2.75) is 45.3 Å². The van der Waals surface area contributed by atoms with Crippen LogP contribution < -0.4 is 10.2 Å². The van der Waals surface area contributed by atoms with Crippen LogP contribution in [0.2, 0.25) is 5.02 Å². The minimum Gasteiger partial charge on any atom is -0.478 e. The van der Waals surface area contributed by atoms with Gasteiger partial charge in [-0.15, -0.1) is 0 Å². The van der Waals surface area contributed by atoms with E-state index in [4.69, 9.17) is 11.6 Å². The van der Waals surface area contributed by atoms with Gasteiger partial charge in [0.1, 0.15) is 0 Å². The lowest BCUT2D eigenvalue weighted by molar-refractivity contribution is -0.117. The third-order valence-electron chi connectivity index (χ3n) is 7.04. The highest BCUT2D eigenvalue weighted by Gasteiger charge is 2.32. The molecule has 0 radical (unpaired) electrons.